The van der Waals surface area contributed by atoms with Crippen molar-refractivity contribution < 1.29 is 0 Å². The summed E-state index contributed by atoms with van der Waals surface area (Å²) in [4.78, 5) is 9.17. The molecule has 0 fully saturated rings. The fraction of sp³-hybridized carbons (Fsp3) is 0.0526. The van der Waals surface area contributed by atoms with Gasteiger partial charge < -0.3 is 0 Å². The van der Waals surface area contributed by atoms with E-state index < -0.39 is 0 Å². The lowest BCUT2D eigenvalue weighted by atomic mass is 10.0. The third kappa shape index (κ3) is 2.36. The zero-order chi connectivity index (χ0) is 14.1. The molecule has 21 heavy (non-hydrogen) atoms. The van der Waals surface area contributed by atoms with E-state index in [-0.39, 0.29) is 0 Å². The minimum atomic E-state index is 0.808. The Morgan fingerprint density at radius 2 is 1.48 bits per heavy atom. The Balaban J connectivity index is 1.71. The highest BCUT2D eigenvalue weighted by atomic mass is 14.8. The second-order valence-corrected chi connectivity index (χ2v) is 5.21. The van der Waals surface area contributed by atoms with E-state index in [9.17, 15) is 0 Å². The Kier molecular flexibility index (Phi) is 2.86. The molecule has 0 saturated heterocycles. The number of hydrogen-bond donors (Lipinski definition) is 0. The van der Waals surface area contributed by atoms with Crippen molar-refractivity contribution in [3.05, 3.63) is 84.2 Å². The molecule has 0 saturated carbocycles. The summed E-state index contributed by atoms with van der Waals surface area (Å²) in [5.41, 5.74) is 4.16. The van der Waals surface area contributed by atoms with Gasteiger partial charge in [0.15, 0.2) is 0 Å². The Bertz CT molecular complexity index is 851. The van der Waals surface area contributed by atoms with Crippen molar-refractivity contribution in [3.8, 4) is 0 Å². The molecule has 0 amide bonds. The lowest BCUT2D eigenvalue weighted by Crippen LogP contribution is -1.94. The van der Waals surface area contributed by atoms with Gasteiger partial charge in [0.2, 0.25) is 0 Å². The Hall–Kier alpha value is -2.74. The summed E-state index contributed by atoms with van der Waals surface area (Å²) < 4.78 is 0. The van der Waals surface area contributed by atoms with Gasteiger partial charge in [-0.3, -0.25) is 4.98 Å². The second-order valence-electron chi connectivity index (χ2n) is 5.21. The van der Waals surface area contributed by atoms with Crippen molar-refractivity contribution in [3.63, 3.8) is 0 Å². The van der Waals surface area contributed by atoms with Crippen LogP contribution >= 0.6 is 0 Å². The van der Waals surface area contributed by atoms with Crippen LogP contribution in [-0.4, -0.2) is 9.97 Å². The first-order valence-electron chi connectivity index (χ1n) is 7.07. The SMILES string of the molecule is c1ccc2cc(Cc3cnc4ccccc4n3)ccc2c1. The average Bonchev–Trinajstić information content (AvgIpc) is 2.55. The summed E-state index contributed by atoms with van der Waals surface area (Å²) in [5.74, 6) is 0. The molecule has 0 aliphatic carbocycles. The first-order valence-corrected chi connectivity index (χ1v) is 7.07. The molecule has 0 spiro atoms. The van der Waals surface area contributed by atoms with E-state index in [0.29, 0.717) is 0 Å². The maximum Gasteiger partial charge on any atom is 0.0890 e. The third-order valence-corrected chi connectivity index (χ3v) is 3.70. The van der Waals surface area contributed by atoms with Gasteiger partial charge in [-0.2, -0.15) is 0 Å². The maximum atomic E-state index is 4.69. The van der Waals surface area contributed by atoms with Crippen LogP contribution in [0, 0.1) is 0 Å². The van der Waals surface area contributed by atoms with Crippen LogP contribution in [0.25, 0.3) is 21.8 Å². The topological polar surface area (TPSA) is 25.8 Å². The van der Waals surface area contributed by atoms with Crippen LogP contribution in [0.1, 0.15) is 11.3 Å². The van der Waals surface area contributed by atoms with Crippen molar-refractivity contribution in [1.82, 2.24) is 9.97 Å². The molecular weight excluding hydrogens is 256 g/mol. The lowest BCUT2D eigenvalue weighted by molar-refractivity contribution is 1.07. The molecule has 3 aromatic carbocycles. The standard InChI is InChI=1S/C19H14N2/c1-2-6-16-11-14(9-10-15(16)5-1)12-17-13-20-18-7-3-4-8-19(18)21-17/h1-11,13H,12H2. The van der Waals surface area contributed by atoms with E-state index in [4.69, 9.17) is 0 Å². The third-order valence-electron chi connectivity index (χ3n) is 3.70. The monoisotopic (exact) mass is 270 g/mol. The molecule has 4 aromatic rings. The van der Waals surface area contributed by atoms with Crippen molar-refractivity contribution in [2.75, 3.05) is 0 Å². The van der Waals surface area contributed by atoms with Gasteiger partial charge in [0.25, 0.3) is 0 Å². The fourth-order valence-corrected chi connectivity index (χ4v) is 2.64. The molecule has 0 radical (unpaired) electrons. The molecule has 100 valence electrons. The van der Waals surface area contributed by atoms with Gasteiger partial charge in [0, 0.05) is 12.6 Å². The van der Waals surface area contributed by atoms with Crippen molar-refractivity contribution in [1.29, 1.82) is 0 Å². The highest BCUT2D eigenvalue weighted by molar-refractivity contribution is 5.83. The van der Waals surface area contributed by atoms with Gasteiger partial charge in [-0.05, 0) is 28.5 Å². The number of fused-ring (bicyclic) bond motifs is 2. The fourth-order valence-electron chi connectivity index (χ4n) is 2.64. The quantitative estimate of drug-likeness (QED) is 0.540. The lowest BCUT2D eigenvalue weighted by Gasteiger charge is -2.04. The molecule has 0 bridgehead atoms. The highest BCUT2D eigenvalue weighted by Crippen LogP contribution is 2.18. The molecule has 2 nitrogen and oxygen atoms in total. The van der Waals surface area contributed by atoms with Gasteiger partial charge in [0.05, 0.1) is 16.7 Å². The zero-order valence-corrected chi connectivity index (χ0v) is 11.5. The predicted octanol–water partition coefficient (Wildman–Crippen LogP) is 4.37. The summed E-state index contributed by atoms with van der Waals surface area (Å²) in [7, 11) is 0. The van der Waals surface area contributed by atoms with Crippen molar-refractivity contribution >= 4 is 21.8 Å². The molecule has 0 aliphatic heterocycles. The van der Waals surface area contributed by atoms with Crippen LogP contribution < -0.4 is 0 Å². The number of rotatable bonds is 2. The zero-order valence-electron chi connectivity index (χ0n) is 11.5. The van der Waals surface area contributed by atoms with Gasteiger partial charge in [-0.15, -0.1) is 0 Å². The highest BCUT2D eigenvalue weighted by Gasteiger charge is 2.02. The second kappa shape index (κ2) is 4.98. The largest absolute Gasteiger partial charge is 0.253 e. The Labute approximate surface area is 123 Å². The summed E-state index contributed by atoms with van der Waals surface area (Å²) in [6, 6.07) is 23.0. The molecule has 4 rings (SSSR count). The summed E-state index contributed by atoms with van der Waals surface area (Å²) in [6.07, 6.45) is 2.68. The molecular formula is C19H14N2. The molecule has 0 atom stereocenters. The number of para-hydroxylation sites is 2. The van der Waals surface area contributed by atoms with Crippen molar-refractivity contribution in [2.45, 2.75) is 6.42 Å². The van der Waals surface area contributed by atoms with E-state index >= 15 is 0 Å². The number of hydrogen-bond acceptors (Lipinski definition) is 2. The summed E-state index contributed by atoms with van der Waals surface area (Å²) >= 11 is 0. The van der Waals surface area contributed by atoms with Crippen LogP contribution in [0.4, 0.5) is 0 Å². The van der Waals surface area contributed by atoms with Crippen LogP contribution in [0.3, 0.4) is 0 Å². The molecule has 0 aliphatic rings. The van der Waals surface area contributed by atoms with Gasteiger partial charge in [-0.1, -0.05) is 54.6 Å². The van der Waals surface area contributed by atoms with Crippen LogP contribution in [-0.2, 0) is 6.42 Å². The smallest absolute Gasteiger partial charge is 0.0890 e. The summed E-state index contributed by atoms with van der Waals surface area (Å²) in [5, 5.41) is 2.54. The minimum Gasteiger partial charge on any atom is -0.253 e. The van der Waals surface area contributed by atoms with E-state index in [1.54, 1.807) is 0 Å². The van der Waals surface area contributed by atoms with E-state index in [1.807, 2.05) is 30.5 Å². The average molecular weight is 270 g/mol. The van der Waals surface area contributed by atoms with E-state index in [1.165, 1.54) is 16.3 Å². The predicted molar refractivity (Wildman–Crippen MR) is 86.3 cm³/mol. The molecule has 0 N–H and O–H groups in total. The van der Waals surface area contributed by atoms with Crippen LogP contribution in [0.15, 0.2) is 72.9 Å². The molecule has 2 heteroatoms. The van der Waals surface area contributed by atoms with E-state index in [0.717, 1.165) is 23.1 Å². The minimum absolute atomic E-state index is 0.808. The first-order chi connectivity index (χ1) is 10.4. The van der Waals surface area contributed by atoms with Crippen LogP contribution in [0.2, 0.25) is 0 Å². The maximum absolute atomic E-state index is 4.69. The number of aromatic nitrogens is 2. The summed E-state index contributed by atoms with van der Waals surface area (Å²) in [6.45, 7) is 0. The van der Waals surface area contributed by atoms with Crippen LogP contribution in [0.5, 0.6) is 0 Å². The van der Waals surface area contributed by atoms with Crippen molar-refractivity contribution in [2.24, 2.45) is 0 Å². The van der Waals surface area contributed by atoms with Gasteiger partial charge in [-0.25, -0.2) is 4.98 Å². The molecule has 1 aromatic heterocycles. The number of benzene rings is 3. The van der Waals surface area contributed by atoms with Gasteiger partial charge >= 0.3 is 0 Å². The number of nitrogens with zero attached hydrogens (tertiary/aromatic N) is 2. The first kappa shape index (κ1) is 12.0. The van der Waals surface area contributed by atoms with Gasteiger partial charge in [0.1, 0.15) is 0 Å². The molecule has 0 unspecified atom stereocenters. The normalized spacial score (nSPS) is 11.0. The Morgan fingerprint density at radius 1 is 0.714 bits per heavy atom. The van der Waals surface area contributed by atoms with E-state index in [2.05, 4.69) is 52.4 Å². The molecule has 1 heterocycles. The Morgan fingerprint density at radius 3 is 2.38 bits per heavy atom.